The van der Waals surface area contributed by atoms with Gasteiger partial charge in [0.05, 0.1) is 12.0 Å². The van der Waals surface area contributed by atoms with Crippen molar-refractivity contribution in [3.63, 3.8) is 0 Å². The van der Waals surface area contributed by atoms with Crippen molar-refractivity contribution in [2.45, 2.75) is 11.4 Å². The summed E-state index contributed by atoms with van der Waals surface area (Å²) in [5, 5.41) is 4.37. The third-order valence-electron chi connectivity index (χ3n) is 6.53. The van der Waals surface area contributed by atoms with Crippen LogP contribution in [0.1, 0.15) is 0 Å². The van der Waals surface area contributed by atoms with Crippen molar-refractivity contribution < 1.29 is 17.8 Å². The molecule has 11 nitrogen and oxygen atoms in total. The second kappa shape index (κ2) is 9.65. The lowest BCUT2D eigenvalue weighted by Gasteiger charge is -2.36. The summed E-state index contributed by atoms with van der Waals surface area (Å²) in [4.78, 5) is 25.8. The Bertz CT molecular complexity index is 1690. The molecule has 0 radical (unpaired) electrons. The Balaban J connectivity index is 1.19. The molecule has 1 aromatic carbocycles. The van der Waals surface area contributed by atoms with Crippen LogP contribution in [0.15, 0.2) is 44.6 Å². The number of aromatic nitrogens is 5. The fourth-order valence-electron chi connectivity index (χ4n) is 4.58. The Labute approximate surface area is 221 Å². The molecule has 1 unspecified atom stereocenters. The largest absolute Gasteiger partial charge is 0.461 e. The quantitative estimate of drug-likeness (QED) is 0.300. The van der Waals surface area contributed by atoms with Gasteiger partial charge in [0.25, 0.3) is 0 Å². The molecule has 3 N–H and O–H groups in total. The third-order valence-corrected chi connectivity index (χ3v) is 8.44. The van der Waals surface area contributed by atoms with Crippen molar-refractivity contribution >= 4 is 50.1 Å². The van der Waals surface area contributed by atoms with Crippen LogP contribution < -0.4 is 15.5 Å². The highest BCUT2D eigenvalue weighted by atomic mass is 32.2. The summed E-state index contributed by atoms with van der Waals surface area (Å²) in [6.45, 7) is 3.24. The number of benzene rings is 1. The van der Waals surface area contributed by atoms with E-state index in [4.69, 9.17) is 10.2 Å². The van der Waals surface area contributed by atoms with Gasteiger partial charge in [0.1, 0.15) is 16.8 Å². The molecule has 0 spiro atoms. The molecule has 1 atom stereocenters. The van der Waals surface area contributed by atoms with E-state index in [9.17, 15) is 18.1 Å². The Morgan fingerprint density at radius 2 is 1.92 bits per heavy atom. The van der Waals surface area contributed by atoms with Gasteiger partial charge in [-0.1, -0.05) is 11.3 Å². The summed E-state index contributed by atoms with van der Waals surface area (Å²) in [6, 6.07) is 5.68. The van der Waals surface area contributed by atoms with Gasteiger partial charge in [0.2, 0.25) is 16.7 Å². The first-order chi connectivity index (χ1) is 18.3. The Morgan fingerprint density at radius 3 is 2.63 bits per heavy atom. The highest BCUT2D eigenvalue weighted by Gasteiger charge is 2.27. The first-order valence-electron chi connectivity index (χ1n) is 11.7. The van der Waals surface area contributed by atoms with Crippen LogP contribution in [0.5, 0.6) is 0 Å². The SMILES string of the molecule is C[S+](O)c1cc(N2CCN(CCn3c(=O)sc4c3nc(N)n3nc(-c5ccco5)nc43)CC2)c(F)cc1F. The predicted molar refractivity (Wildman–Crippen MR) is 142 cm³/mol. The number of halogens is 2. The van der Waals surface area contributed by atoms with Gasteiger partial charge < -0.3 is 15.1 Å². The highest BCUT2D eigenvalue weighted by molar-refractivity contribution is 7.90. The molecule has 1 saturated heterocycles. The number of anilines is 2. The second-order valence-corrected chi connectivity index (χ2v) is 11.2. The van der Waals surface area contributed by atoms with E-state index in [1.165, 1.54) is 23.1 Å². The third kappa shape index (κ3) is 4.30. The van der Waals surface area contributed by atoms with E-state index in [0.717, 1.165) is 17.4 Å². The summed E-state index contributed by atoms with van der Waals surface area (Å²) in [7, 11) is 0. The van der Waals surface area contributed by atoms with Crippen molar-refractivity contribution in [3.05, 3.63) is 51.8 Å². The van der Waals surface area contributed by atoms with Crippen LogP contribution in [-0.2, 0) is 17.7 Å². The molecular formula is C23H23F2N8O3S2+. The van der Waals surface area contributed by atoms with Crippen molar-refractivity contribution in [3.8, 4) is 11.6 Å². The summed E-state index contributed by atoms with van der Waals surface area (Å²) < 4.78 is 47.2. The van der Waals surface area contributed by atoms with Crippen molar-refractivity contribution in [1.82, 2.24) is 29.0 Å². The Morgan fingerprint density at radius 1 is 1.13 bits per heavy atom. The molecule has 5 aromatic rings. The van der Waals surface area contributed by atoms with Gasteiger partial charge in [-0.3, -0.25) is 14.3 Å². The molecular weight excluding hydrogens is 538 g/mol. The van der Waals surface area contributed by atoms with Gasteiger partial charge in [-0.15, -0.1) is 5.10 Å². The monoisotopic (exact) mass is 561 g/mol. The van der Waals surface area contributed by atoms with E-state index in [2.05, 4.69) is 20.0 Å². The van der Waals surface area contributed by atoms with Gasteiger partial charge in [0, 0.05) is 51.4 Å². The molecule has 4 aromatic heterocycles. The summed E-state index contributed by atoms with van der Waals surface area (Å²) in [6.07, 6.45) is 3.00. The number of nitrogens with zero attached hydrogens (tertiary/aromatic N) is 7. The smallest absolute Gasteiger partial charge is 0.309 e. The predicted octanol–water partition coefficient (Wildman–Crippen LogP) is 2.52. The molecule has 0 aliphatic carbocycles. The average molecular weight is 562 g/mol. The zero-order valence-electron chi connectivity index (χ0n) is 20.2. The number of hydrogen-bond donors (Lipinski definition) is 2. The number of fused-ring (bicyclic) bond motifs is 3. The van der Waals surface area contributed by atoms with Gasteiger partial charge in [-0.25, -0.2) is 13.8 Å². The first-order valence-corrected chi connectivity index (χ1v) is 14.1. The number of hydrogen-bond acceptors (Lipinski definition) is 10. The lowest BCUT2D eigenvalue weighted by molar-refractivity contribution is 0.248. The van der Waals surface area contributed by atoms with E-state index in [0.29, 0.717) is 66.8 Å². The maximum Gasteiger partial charge on any atom is 0.309 e. The molecule has 1 fully saturated rings. The normalized spacial score (nSPS) is 15.6. The van der Waals surface area contributed by atoms with Crippen LogP contribution in [0.25, 0.3) is 27.6 Å². The number of nitrogen functional groups attached to an aromatic ring is 1. The van der Waals surface area contributed by atoms with Crippen LogP contribution in [0, 0.1) is 11.6 Å². The Hall–Kier alpha value is -3.53. The number of thiazole rings is 1. The topological polar surface area (TPSA) is 131 Å². The van der Waals surface area contributed by atoms with Crippen LogP contribution >= 0.6 is 11.3 Å². The molecule has 0 amide bonds. The minimum Gasteiger partial charge on any atom is -0.461 e. The zero-order valence-corrected chi connectivity index (χ0v) is 21.8. The van der Waals surface area contributed by atoms with Crippen LogP contribution in [0.4, 0.5) is 20.4 Å². The molecule has 38 heavy (non-hydrogen) atoms. The molecule has 0 saturated carbocycles. The van der Waals surface area contributed by atoms with Gasteiger partial charge in [-0.2, -0.15) is 14.1 Å². The fourth-order valence-corrected chi connectivity index (χ4v) is 6.13. The number of nitrogens with two attached hydrogens (primary N) is 1. The molecule has 0 bridgehead atoms. The molecule has 1 aliphatic rings. The number of furan rings is 1. The zero-order chi connectivity index (χ0) is 26.6. The first kappa shape index (κ1) is 24.8. The minimum atomic E-state index is -1.31. The van der Waals surface area contributed by atoms with E-state index < -0.39 is 22.8 Å². The second-order valence-electron chi connectivity index (χ2n) is 8.83. The Kier molecular flexibility index (Phi) is 6.29. The summed E-state index contributed by atoms with van der Waals surface area (Å²) >= 11 is -0.277. The summed E-state index contributed by atoms with van der Waals surface area (Å²) in [5.41, 5.74) is 7.31. The maximum atomic E-state index is 14.5. The van der Waals surface area contributed by atoms with E-state index in [1.807, 2.05) is 4.90 Å². The van der Waals surface area contributed by atoms with Gasteiger partial charge in [0.15, 0.2) is 34.0 Å². The average Bonchev–Trinajstić information content (AvgIpc) is 3.62. The lowest BCUT2D eigenvalue weighted by atomic mass is 10.2. The lowest BCUT2D eigenvalue weighted by Crippen LogP contribution is -2.47. The van der Waals surface area contributed by atoms with E-state index in [1.54, 1.807) is 16.7 Å². The van der Waals surface area contributed by atoms with Crippen molar-refractivity contribution in [1.29, 1.82) is 0 Å². The highest BCUT2D eigenvalue weighted by Crippen LogP contribution is 2.28. The van der Waals surface area contributed by atoms with Crippen LogP contribution in [-0.4, -0.2) is 72.6 Å². The van der Waals surface area contributed by atoms with E-state index >= 15 is 0 Å². The van der Waals surface area contributed by atoms with Crippen LogP contribution in [0.3, 0.4) is 0 Å². The standard InChI is InChI=1S/C23H23F2N8O3S2/c1-38(35)17-12-15(13(24)11-14(17)25)31-7-4-30(5-8-31)6-9-32-20-18(37-23(32)34)21-27-19(16-3-2-10-36-16)29-33(21)22(26)28-20/h2-3,10-12,35H,4-9H2,1H3,(H2,26,28)/q+1. The molecule has 198 valence electrons. The maximum absolute atomic E-state index is 14.5. The van der Waals surface area contributed by atoms with Gasteiger partial charge in [-0.05, 0) is 12.1 Å². The van der Waals surface area contributed by atoms with E-state index in [-0.39, 0.29) is 21.4 Å². The summed E-state index contributed by atoms with van der Waals surface area (Å²) in [5.74, 6) is -0.465. The molecule has 6 rings (SSSR count). The van der Waals surface area contributed by atoms with Gasteiger partial charge >= 0.3 is 4.87 Å². The number of rotatable bonds is 6. The minimum absolute atomic E-state index is 0.0948. The fraction of sp³-hybridized carbons (Fsp3) is 0.304. The van der Waals surface area contributed by atoms with Crippen molar-refractivity contribution in [2.24, 2.45) is 0 Å². The van der Waals surface area contributed by atoms with Crippen LogP contribution in [0.2, 0.25) is 0 Å². The van der Waals surface area contributed by atoms with Crippen molar-refractivity contribution in [2.75, 3.05) is 49.6 Å². The molecule has 5 heterocycles. The molecule has 15 heteroatoms. The number of piperazine rings is 1. The molecule has 1 aliphatic heterocycles.